The van der Waals surface area contributed by atoms with Gasteiger partial charge in [-0.3, -0.25) is 9.36 Å². The van der Waals surface area contributed by atoms with Crippen molar-refractivity contribution in [1.29, 1.82) is 0 Å². The van der Waals surface area contributed by atoms with E-state index >= 15 is 0 Å². The number of thioether (sulfide) groups is 1. The summed E-state index contributed by atoms with van der Waals surface area (Å²) in [4.78, 5) is 20.9. The van der Waals surface area contributed by atoms with Crippen molar-refractivity contribution in [2.45, 2.75) is 36.9 Å². The van der Waals surface area contributed by atoms with Gasteiger partial charge in [0.25, 0.3) is 0 Å². The summed E-state index contributed by atoms with van der Waals surface area (Å²) in [6.07, 6.45) is 5.26. The average molecular weight is 485 g/mol. The number of nitrogens with one attached hydrogen (secondary N) is 2. The van der Waals surface area contributed by atoms with Gasteiger partial charge in [0.1, 0.15) is 5.82 Å². The van der Waals surface area contributed by atoms with E-state index in [1.54, 1.807) is 6.26 Å². The molecule has 8 nitrogen and oxygen atoms in total. The highest BCUT2D eigenvalue weighted by molar-refractivity contribution is 7.99. The van der Waals surface area contributed by atoms with Crippen molar-refractivity contribution >= 4 is 34.4 Å². The molecule has 1 saturated carbocycles. The van der Waals surface area contributed by atoms with Gasteiger partial charge in [-0.25, -0.2) is 4.98 Å². The third-order valence-corrected chi connectivity index (χ3v) is 7.22. The van der Waals surface area contributed by atoms with Crippen molar-refractivity contribution in [3.8, 4) is 11.6 Å². The van der Waals surface area contributed by atoms with Crippen LogP contribution in [0, 0.1) is 0 Å². The number of carbonyl (C=O) groups is 1. The van der Waals surface area contributed by atoms with Crippen LogP contribution in [0.2, 0.25) is 0 Å². The fourth-order valence-electron chi connectivity index (χ4n) is 4.20. The maximum Gasteiger partial charge on any atom is 0.234 e. The molecule has 0 atom stereocenters. The summed E-state index contributed by atoms with van der Waals surface area (Å²) < 4.78 is 7.54. The Bertz CT molecular complexity index is 1450. The fourth-order valence-corrected chi connectivity index (χ4v) is 4.94. The molecular weight excluding hydrogens is 460 g/mol. The SMILES string of the molecule is O=C(CSc1nnc(-c2ccco2)n1Cc1ccccc1)Nc1ccc2nc(C3CCC3)[nH]c2c1. The Morgan fingerprint density at radius 1 is 1.11 bits per heavy atom. The number of hydrogen-bond donors (Lipinski definition) is 2. The lowest BCUT2D eigenvalue weighted by atomic mass is 9.85. The predicted molar refractivity (Wildman–Crippen MR) is 135 cm³/mol. The van der Waals surface area contributed by atoms with Crippen LogP contribution >= 0.6 is 11.8 Å². The van der Waals surface area contributed by atoms with Gasteiger partial charge in [0.15, 0.2) is 10.9 Å². The Morgan fingerprint density at radius 3 is 2.77 bits per heavy atom. The largest absolute Gasteiger partial charge is 0.461 e. The minimum absolute atomic E-state index is 0.109. The van der Waals surface area contributed by atoms with Crippen LogP contribution in [0.25, 0.3) is 22.6 Å². The minimum atomic E-state index is -0.109. The number of aromatic amines is 1. The standard InChI is InChI=1S/C26H24N6O2S/c33-23(27-19-11-12-20-21(14-19)29-24(28-20)18-8-4-9-18)16-35-26-31-30-25(22-10-5-13-34-22)32(26)15-17-6-2-1-3-7-17/h1-3,5-7,10-14,18H,4,8-9,15-16H2,(H,27,33)(H,28,29). The number of anilines is 1. The first kappa shape index (κ1) is 21.7. The molecule has 3 heterocycles. The molecule has 1 amide bonds. The number of carbonyl (C=O) groups excluding carboxylic acids is 1. The summed E-state index contributed by atoms with van der Waals surface area (Å²) in [6.45, 7) is 0.577. The van der Waals surface area contributed by atoms with Crippen LogP contribution < -0.4 is 5.32 Å². The number of H-pyrrole nitrogens is 1. The smallest absolute Gasteiger partial charge is 0.234 e. The molecule has 0 bridgehead atoms. The summed E-state index contributed by atoms with van der Waals surface area (Å²) in [7, 11) is 0. The van der Waals surface area contributed by atoms with E-state index in [0.29, 0.717) is 29.2 Å². The van der Waals surface area contributed by atoms with E-state index in [1.165, 1.54) is 31.0 Å². The molecule has 0 aliphatic heterocycles. The summed E-state index contributed by atoms with van der Waals surface area (Å²) in [5.74, 6) is 2.96. The summed E-state index contributed by atoms with van der Waals surface area (Å²) in [5.41, 5.74) is 3.73. The van der Waals surface area contributed by atoms with Crippen molar-refractivity contribution in [3.05, 3.63) is 78.3 Å². The van der Waals surface area contributed by atoms with E-state index in [1.807, 2.05) is 53.1 Å². The number of rotatable bonds is 8. The second-order valence-electron chi connectivity index (χ2n) is 8.67. The first-order valence-electron chi connectivity index (χ1n) is 11.7. The van der Waals surface area contributed by atoms with Crippen LogP contribution in [0.3, 0.4) is 0 Å². The van der Waals surface area contributed by atoms with Crippen LogP contribution in [-0.4, -0.2) is 36.4 Å². The number of furan rings is 1. The maximum atomic E-state index is 12.8. The van der Waals surface area contributed by atoms with Crippen LogP contribution in [0.4, 0.5) is 5.69 Å². The van der Waals surface area contributed by atoms with Crippen molar-refractivity contribution in [2.24, 2.45) is 0 Å². The normalized spacial score (nSPS) is 13.7. The molecule has 1 aliphatic carbocycles. The Morgan fingerprint density at radius 2 is 2.00 bits per heavy atom. The molecule has 176 valence electrons. The average Bonchev–Trinajstić information content (AvgIpc) is 3.57. The molecule has 35 heavy (non-hydrogen) atoms. The Labute approximate surface area is 206 Å². The fraction of sp³-hybridized carbons (Fsp3) is 0.231. The molecule has 3 aromatic heterocycles. The van der Waals surface area contributed by atoms with Crippen LogP contribution in [0.15, 0.2) is 76.5 Å². The molecule has 5 aromatic rings. The molecule has 9 heteroatoms. The minimum Gasteiger partial charge on any atom is -0.461 e. The number of aromatic nitrogens is 5. The van der Waals surface area contributed by atoms with Crippen molar-refractivity contribution in [3.63, 3.8) is 0 Å². The first-order chi connectivity index (χ1) is 17.2. The highest BCUT2D eigenvalue weighted by Crippen LogP contribution is 2.35. The van der Waals surface area contributed by atoms with Gasteiger partial charge in [-0.1, -0.05) is 48.5 Å². The van der Waals surface area contributed by atoms with Crippen molar-refractivity contribution < 1.29 is 9.21 Å². The number of hydrogen-bond acceptors (Lipinski definition) is 6. The Balaban J connectivity index is 1.16. The Kier molecular flexibility index (Phi) is 5.83. The summed E-state index contributed by atoms with van der Waals surface area (Å²) in [6, 6.07) is 19.5. The van der Waals surface area contributed by atoms with Gasteiger partial charge in [-0.15, -0.1) is 10.2 Å². The molecule has 0 unspecified atom stereocenters. The van der Waals surface area contributed by atoms with Crippen molar-refractivity contribution in [2.75, 3.05) is 11.1 Å². The van der Waals surface area contributed by atoms with E-state index in [-0.39, 0.29) is 11.7 Å². The van der Waals surface area contributed by atoms with E-state index in [2.05, 4.69) is 32.6 Å². The summed E-state index contributed by atoms with van der Waals surface area (Å²) >= 11 is 1.35. The topological polar surface area (TPSA) is 102 Å². The predicted octanol–water partition coefficient (Wildman–Crippen LogP) is 5.46. The second kappa shape index (κ2) is 9.42. The highest BCUT2D eigenvalue weighted by Gasteiger charge is 2.23. The monoisotopic (exact) mass is 484 g/mol. The third kappa shape index (κ3) is 4.59. The molecule has 1 aliphatic rings. The number of fused-ring (bicyclic) bond motifs is 1. The zero-order chi connectivity index (χ0) is 23.6. The van der Waals surface area contributed by atoms with E-state index in [0.717, 1.165) is 28.1 Å². The van der Waals surface area contributed by atoms with E-state index in [9.17, 15) is 4.79 Å². The lowest BCUT2D eigenvalue weighted by Gasteiger charge is -2.22. The first-order valence-corrected chi connectivity index (χ1v) is 12.6. The van der Waals surface area contributed by atoms with Gasteiger partial charge in [-0.05, 0) is 48.7 Å². The molecule has 6 rings (SSSR count). The van der Waals surface area contributed by atoms with Gasteiger partial charge >= 0.3 is 0 Å². The van der Waals surface area contributed by atoms with E-state index < -0.39 is 0 Å². The quantitative estimate of drug-likeness (QED) is 0.284. The molecule has 2 N–H and O–H groups in total. The highest BCUT2D eigenvalue weighted by atomic mass is 32.2. The lowest BCUT2D eigenvalue weighted by molar-refractivity contribution is -0.113. The molecule has 0 radical (unpaired) electrons. The Hall–Kier alpha value is -3.85. The molecular formula is C26H24N6O2S. The zero-order valence-corrected chi connectivity index (χ0v) is 19.8. The summed E-state index contributed by atoms with van der Waals surface area (Å²) in [5, 5.41) is 12.3. The van der Waals surface area contributed by atoms with Crippen LogP contribution in [-0.2, 0) is 11.3 Å². The van der Waals surface area contributed by atoms with Crippen LogP contribution in [0.5, 0.6) is 0 Å². The van der Waals surface area contributed by atoms with Gasteiger partial charge in [0.05, 0.1) is 29.6 Å². The zero-order valence-electron chi connectivity index (χ0n) is 19.0. The third-order valence-electron chi connectivity index (χ3n) is 6.25. The number of amides is 1. The number of imidazole rings is 1. The molecule has 0 saturated heterocycles. The second-order valence-corrected chi connectivity index (χ2v) is 9.62. The molecule has 0 spiro atoms. The van der Waals surface area contributed by atoms with Gasteiger partial charge < -0.3 is 14.7 Å². The maximum absolute atomic E-state index is 12.8. The van der Waals surface area contributed by atoms with Crippen molar-refractivity contribution in [1.82, 2.24) is 24.7 Å². The lowest BCUT2D eigenvalue weighted by Crippen LogP contribution is -2.14. The number of benzene rings is 2. The van der Waals surface area contributed by atoms with Gasteiger partial charge in [-0.2, -0.15) is 0 Å². The van der Waals surface area contributed by atoms with E-state index in [4.69, 9.17) is 9.40 Å². The molecule has 1 fully saturated rings. The van der Waals surface area contributed by atoms with Crippen LogP contribution in [0.1, 0.15) is 36.6 Å². The number of nitrogens with zero attached hydrogens (tertiary/aromatic N) is 4. The van der Waals surface area contributed by atoms with Gasteiger partial charge in [0, 0.05) is 11.6 Å². The molecule has 2 aromatic carbocycles. The van der Waals surface area contributed by atoms with Gasteiger partial charge in [0.2, 0.25) is 11.7 Å².